The lowest BCUT2D eigenvalue weighted by Gasteiger charge is -2.14. The molecule has 0 aliphatic heterocycles. The van der Waals surface area contributed by atoms with Crippen LogP contribution in [0.4, 0.5) is 0 Å². The van der Waals surface area contributed by atoms with Crippen molar-refractivity contribution in [1.82, 2.24) is 0 Å². The maximum absolute atomic E-state index is 8.76. The summed E-state index contributed by atoms with van der Waals surface area (Å²) in [5, 5.41) is 8.76. The fourth-order valence-corrected chi connectivity index (χ4v) is 0.490. The minimum atomic E-state index is -0.565. The monoisotopic (exact) mass is 120 g/mol. The molecule has 0 bridgehead atoms. The first-order valence-corrected chi connectivity index (χ1v) is 2.46. The molecule has 0 saturated carbocycles. The topological polar surface area (TPSA) is 38.7 Å². The molecule has 0 aliphatic carbocycles. The quantitative estimate of drug-likeness (QED) is 0.532. The first-order valence-electron chi connectivity index (χ1n) is 2.46. The third kappa shape index (κ3) is 2.26. The largest absolute Gasteiger partial charge is 0.388 e. The molecular formula is C5H12O3. The molecule has 50 valence electrons. The van der Waals surface area contributed by atoms with Gasteiger partial charge in [0.2, 0.25) is 0 Å². The smallest absolute Gasteiger partial charge is 0.182 e. The summed E-state index contributed by atoms with van der Waals surface area (Å²) < 4.78 is 9.38. The summed E-state index contributed by atoms with van der Waals surface area (Å²) in [6.07, 6.45) is -1.06. The predicted octanol–water partition coefficient (Wildman–Crippen LogP) is -0.0139. The highest BCUT2D eigenvalue weighted by Crippen LogP contribution is 1.95. The van der Waals surface area contributed by atoms with Gasteiger partial charge in [0, 0.05) is 14.2 Å². The Morgan fingerprint density at radius 3 is 1.62 bits per heavy atom. The Hall–Kier alpha value is -0.120. The van der Waals surface area contributed by atoms with E-state index in [2.05, 4.69) is 9.47 Å². The molecule has 0 saturated heterocycles. The third-order valence-corrected chi connectivity index (χ3v) is 0.858. The second-order valence-corrected chi connectivity index (χ2v) is 1.58. The minimum absolute atomic E-state index is 0.491. The van der Waals surface area contributed by atoms with Gasteiger partial charge in [-0.3, -0.25) is 0 Å². The first kappa shape index (κ1) is 7.88. The molecule has 3 heteroatoms. The maximum Gasteiger partial charge on any atom is 0.182 e. The van der Waals surface area contributed by atoms with Gasteiger partial charge in [-0.1, -0.05) is 0 Å². The van der Waals surface area contributed by atoms with Crippen molar-refractivity contribution in [3.63, 3.8) is 0 Å². The highest BCUT2D eigenvalue weighted by atomic mass is 16.7. The number of methoxy groups -OCH3 is 2. The van der Waals surface area contributed by atoms with Crippen LogP contribution in [0.15, 0.2) is 0 Å². The van der Waals surface area contributed by atoms with Crippen molar-refractivity contribution in [3.05, 3.63) is 0 Å². The Balaban J connectivity index is 3.35. The van der Waals surface area contributed by atoms with Gasteiger partial charge in [-0.05, 0) is 6.92 Å². The van der Waals surface area contributed by atoms with E-state index in [-0.39, 0.29) is 0 Å². The van der Waals surface area contributed by atoms with Gasteiger partial charge < -0.3 is 14.6 Å². The fraction of sp³-hybridized carbons (Fsp3) is 1.00. The molecule has 0 spiro atoms. The Morgan fingerprint density at radius 1 is 1.25 bits per heavy atom. The zero-order chi connectivity index (χ0) is 6.57. The standard InChI is InChI=1S/C5H12O3/c1-4(6)5(7-2)8-3/h4-6H,1-3H3/t4-/m1/s1. The number of aliphatic hydroxyl groups is 1. The van der Waals surface area contributed by atoms with Crippen LogP contribution in [-0.4, -0.2) is 31.7 Å². The van der Waals surface area contributed by atoms with Crippen LogP contribution in [0.5, 0.6) is 0 Å². The zero-order valence-electron chi connectivity index (χ0n) is 5.42. The lowest BCUT2D eigenvalue weighted by molar-refractivity contribution is -0.158. The Labute approximate surface area is 49.2 Å². The Bertz CT molecular complexity index is 49.6. The van der Waals surface area contributed by atoms with E-state index in [0.717, 1.165) is 0 Å². The average Bonchev–Trinajstić information content (AvgIpc) is 1.69. The molecule has 8 heavy (non-hydrogen) atoms. The van der Waals surface area contributed by atoms with Crippen LogP contribution in [0.25, 0.3) is 0 Å². The molecular weight excluding hydrogens is 108 g/mol. The van der Waals surface area contributed by atoms with Gasteiger partial charge in [0.15, 0.2) is 6.29 Å². The van der Waals surface area contributed by atoms with Gasteiger partial charge >= 0.3 is 0 Å². The number of aliphatic hydroxyl groups excluding tert-OH is 1. The molecule has 0 aromatic heterocycles. The van der Waals surface area contributed by atoms with E-state index in [1.165, 1.54) is 14.2 Å². The van der Waals surface area contributed by atoms with E-state index < -0.39 is 12.4 Å². The number of hydrogen-bond acceptors (Lipinski definition) is 3. The van der Waals surface area contributed by atoms with Crippen molar-refractivity contribution in [3.8, 4) is 0 Å². The fourth-order valence-electron chi connectivity index (χ4n) is 0.490. The van der Waals surface area contributed by atoms with Crippen molar-refractivity contribution in [1.29, 1.82) is 0 Å². The van der Waals surface area contributed by atoms with Gasteiger partial charge in [-0.2, -0.15) is 0 Å². The molecule has 0 amide bonds. The van der Waals surface area contributed by atoms with Crippen molar-refractivity contribution in [2.75, 3.05) is 14.2 Å². The highest BCUT2D eigenvalue weighted by Gasteiger charge is 2.10. The van der Waals surface area contributed by atoms with Crippen LogP contribution in [0.1, 0.15) is 6.92 Å². The first-order chi connectivity index (χ1) is 3.72. The second-order valence-electron chi connectivity index (χ2n) is 1.58. The highest BCUT2D eigenvalue weighted by molar-refractivity contribution is 4.48. The van der Waals surface area contributed by atoms with Crippen molar-refractivity contribution >= 4 is 0 Å². The van der Waals surface area contributed by atoms with Gasteiger partial charge in [0.1, 0.15) is 6.10 Å². The van der Waals surface area contributed by atoms with Crippen molar-refractivity contribution in [2.45, 2.75) is 19.3 Å². The molecule has 0 radical (unpaired) electrons. The third-order valence-electron chi connectivity index (χ3n) is 0.858. The maximum atomic E-state index is 8.76. The second kappa shape index (κ2) is 3.83. The van der Waals surface area contributed by atoms with Crippen LogP contribution in [0.2, 0.25) is 0 Å². The molecule has 1 atom stereocenters. The molecule has 0 aromatic rings. The van der Waals surface area contributed by atoms with E-state index >= 15 is 0 Å². The van der Waals surface area contributed by atoms with Crippen molar-refractivity contribution < 1.29 is 14.6 Å². The summed E-state index contributed by atoms with van der Waals surface area (Å²) in [7, 11) is 2.97. The molecule has 0 rings (SSSR count). The minimum Gasteiger partial charge on any atom is -0.388 e. The summed E-state index contributed by atoms with van der Waals surface area (Å²) >= 11 is 0. The van der Waals surface area contributed by atoms with Gasteiger partial charge in [0.25, 0.3) is 0 Å². The lowest BCUT2D eigenvalue weighted by Crippen LogP contribution is -2.26. The predicted molar refractivity (Wildman–Crippen MR) is 29.5 cm³/mol. The van der Waals surface area contributed by atoms with Crippen molar-refractivity contribution in [2.24, 2.45) is 0 Å². The average molecular weight is 120 g/mol. The van der Waals surface area contributed by atoms with E-state index in [9.17, 15) is 0 Å². The number of rotatable bonds is 3. The van der Waals surface area contributed by atoms with E-state index in [4.69, 9.17) is 5.11 Å². The zero-order valence-corrected chi connectivity index (χ0v) is 5.42. The Morgan fingerprint density at radius 2 is 1.62 bits per heavy atom. The summed E-state index contributed by atoms with van der Waals surface area (Å²) in [4.78, 5) is 0. The normalized spacial score (nSPS) is 14.6. The number of ether oxygens (including phenoxy) is 2. The van der Waals surface area contributed by atoms with Crippen LogP contribution in [0, 0.1) is 0 Å². The Kier molecular flexibility index (Phi) is 3.77. The molecule has 0 aromatic carbocycles. The van der Waals surface area contributed by atoms with Crippen LogP contribution < -0.4 is 0 Å². The van der Waals surface area contributed by atoms with Crippen LogP contribution in [0.3, 0.4) is 0 Å². The number of hydrogen-bond donors (Lipinski definition) is 1. The molecule has 0 fully saturated rings. The van der Waals surface area contributed by atoms with E-state index in [0.29, 0.717) is 0 Å². The van der Waals surface area contributed by atoms with Gasteiger partial charge in [-0.15, -0.1) is 0 Å². The summed E-state index contributed by atoms with van der Waals surface area (Å²) in [6, 6.07) is 0. The SMILES string of the molecule is COC(OC)[C@@H](C)O. The molecule has 0 heterocycles. The summed E-state index contributed by atoms with van der Waals surface area (Å²) in [6.45, 7) is 1.61. The summed E-state index contributed by atoms with van der Waals surface area (Å²) in [5.74, 6) is 0. The van der Waals surface area contributed by atoms with Gasteiger partial charge in [-0.25, -0.2) is 0 Å². The van der Waals surface area contributed by atoms with Crippen LogP contribution >= 0.6 is 0 Å². The molecule has 3 nitrogen and oxygen atoms in total. The molecule has 0 unspecified atom stereocenters. The van der Waals surface area contributed by atoms with E-state index in [1.807, 2.05) is 0 Å². The van der Waals surface area contributed by atoms with Crippen LogP contribution in [-0.2, 0) is 9.47 Å². The van der Waals surface area contributed by atoms with Gasteiger partial charge in [0.05, 0.1) is 0 Å². The molecule has 1 N–H and O–H groups in total. The summed E-state index contributed by atoms with van der Waals surface area (Å²) in [5.41, 5.74) is 0. The molecule has 0 aliphatic rings. The van der Waals surface area contributed by atoms with E-state index in [1.54, 1.807) is 6.92 Å². The lowest BCUT2D eigenvalue weighted by atomic mass is 10.4.